The zero-order valence-electron chi connectivity index (χ0n) is 14.0. The Morgan fingerprint density at radius 1 is 1.17 bits per heavy atom. The fourth-order valence-electron chi connectivity index (χ4n) is 3.57. The van der Waals surface area contributed by atoms with E-state index in [0.29, 0.717) is 12.0 Å². The van der Waals surface area contributed by atoms with E-state index in [-0.39, 0.29) is 0 Å². The molecule has 4 nitrogen and oxygen atoms in total. The van der Waals surface area contributed by atoms with Gasteiger partial charge in [0.05, 0.1) is 18.9 Å². The molecule has 2 fully saturated rings. The third kappa shape index (κ3) is 2.93. The Labute approximate surface area is 137 Å². The summed E-state index contributed by atoms with van der Waals surface area (Å²) in [6.45, 7) is 8.16. The smallest absolute Gasteiger partial charge is 0.0734 e. The van der Waals surface area contributed by atoms with Gasteiger partial charge in [0, 0.05) is 36.3 Å². The first-order chi connectivity index (χ1) is 11.2. The quantitative estimate of drug-likeness (QED) is 0.937. The van der Waals surface area contributed by atoms with Crippen LogP contribution in [0.25, 0.3) is 11.1 Å². The van der Waals surface area contributed by atoms with Crippen molar-refractivity contribution in [2.24, 2.45) is 0 Å². The molecule has 1 saturated heterocycles. The molecule has 4 heteroatoms. The normalized spacial score (nSPS) is 20.6. The van der Waals surface area contributed by atoms with Crippen molar-refractivity contribution < 1.29 is 4.74 Å². The molecule has 1 saturated carbocycles. The highest BCUT2D eigenvalue weighted by molar-refractivity contribution is 5.69. The first-order valence-corrected chi connectivity index (χ1v) is 8.71. The van der Waals surface area contributed by atoms with Crippen LogP contribution in [-0.2, 0) is 4.74 Å². The second-order valence-electron chi connectivity index (χ2n) is 6.83. The minimum absolute atomic E-state index is 0.446. The first kappa shape index (κ1) is 14.9. The number of ether oxygens (including phenoxy) is 1. The fourth-order valence-corrected chi connectivity index (χ4v) is 3.57. The van der Waals surface area contributed by atoms with E-state index in [1.165, 1.54) is 40.9 Å². The van der Waals surface area contributed by atoms with Crippen molar-refractivity contribution in [3.8, 4) is 11.1 Å². The standard InChI is InChI=1S/C19H25N3O/c1-13-18(19(21-20-13)17-7-8-17)16-5-3-15(4-6-16)14(2)22-9-11-23-12-10-22/h3-6,14,17H,7-12H2,1-2H3,(H,20,21)/t14-/m1/s1. The van der Waals surface area contributed by atoms with Gasteiger partial charge in [0.15, 0.2) is 0 Å². The molecule has 0 amide bonds. The molecule has 1 aromatic carbocycles. The summed E-state index contributed by atoms with van der Waals surface area (Å²) in [6, 6.07) is 9.52. The first-order valence-electron chi connectivity index (χ1n) is 8.71. The molecule has 1 aliphatic carbocycles. The van der Waals surface area contributed by atoms with Gasteiger partial charge >= 0.3 is 0 Å². The Bertz CT molecular complexity index is 666. The van der Waals surface area contributed by atoms with Crippen molar-refractivity contribution in [2.45, 2.75) is 38.6 Å². The molecule has 0 unspecified atom stereocenters. The van der Waals surface area contributed by atoms with Crippen LogP contribution in [0.4, 0.5) is 0 Å². The van der Waals surface area contributed by atoms with Crippen LogP contribution in [0.3, 0.4) is 0 Å². The minimum Gasteiger partial charge on any atom is -0.379 e. The predicted octanol–water partition coefficient (Wildman–Crippen LogP) is 3.66. The molecule has 4 rings (SSSR count). The molecule has 1 aromatic heterocycles. The molecule has 1 aliphatic heterocycles. The molecule has 0 radical (unpaired) electrons. The lowest BCUT2D eigenvalue weighted by molar-refractivity contribution is 0.0198. The maximum Gasteiger partial charge on any atom is 0.0734 e. The second kappa shape index (κ2) is 6.10. The Balaban J connectivity index is 1.57. The van der Waals surface area contributed by atoms with Crippen LogP contribution in [0.15, 0.2) is 24.3 Å². The highest BCUT2D eigenvalue weighted by Crippen LogP contribution is 2.44. The lowest BCUT2D eigenvalue weighted by Gasteiger charge is -2.32. The molecule has 2 aromatic rings. The molecular weight excluding hydrogens is 286 g/mol. The predicted molar refractivity (Wildman–Crippen MR) is 91.5 cm³/mol. The number of aryl methyl sites for hydroxylation is 1. The van der Waals surface area contributed by atoms with E-state index in [0.717, 1.165) is 26.3 Å². The Morgan fingerprint density at radius 3 is 2.52 bits per heavy atom. The molecular formula is C19H25N3O. The number of nitrogens with zero attached hydrogens (tertiary/aromatic N) is 2. The van der Waals surface area contributed by atoms with E-state index in [2.05, 4.69) is 53.2 Å². The molecule has 2 aliphatic rings. The Morgan fingerprint density at radius 2 is 1.87 bits per heavy atom. The number of H-pyrrole nitrogens is 1. The molecule has 0 spiro atoms. The van der Waals surface area contributed by atoms with Crippen molar-refractivity contribution in [2.75, 3.05) is 26.3 Å². The van der Waals surface area contributed by atoms with E-state index in [1.807, 2.05) is 0 Å². The van der Waals surface area contributed by atoms with Crippen LogP contribution in [0.1, 0.15) is 48.7 Å². The number of nitrogens with one attached hydrogen (secondary N) is 1. The topological polar surface area (TPSA) is 41.2 Å². The SMILES string of the molecule is Cc1[nH]nc(C2CC2)c1-c1ccc([C@@H](C)N2CCOCC2)cc1. The molecule has 0 bridgehead atoms. The van der Waals surface area contributed by atoms with E-state index >= 15 is 0 Å². The summed E-state index contributed by atoms with van der Waals surface area (Å²) in [5.74, 6) is 0.668. The number of benzene rings is 1. The summed E-state index contributed by atoms with van der Waals surface area (Å²) < 4.78 is 5.46. The van der Waals surface area contributed by atoms with Crippen LogP contribution in [0.5, 0.6) is 0 Å². The summed E-state index contributed by atoms with van der Waals surface area (Å²) in [6.07, 6.45) is 2.56. The molecule has 23 heavy (non-hydrogen) atoms. The Kier molecular flexibility index (Phi) is 3.95. The van der Waals surface area contributed by atoms with Crippen molar-refractivity contribution in [1.29, 1.82) is 0 Å². The minimum atomic E-state index is 0.446. The Hall–Kier alpha value is -1.65. The number of rotatable bonds is 4. The number of aromatic nitrogens is 2. The summed E-state index contributed by atoms with van der Waals surface area (Å²) in [5.41, 5.74) is 6.43. The summed E-state index contributed by atoms with van der Waals surface area (Å²) >= 11 is 0. The van der Waals surface area contributed by atoms with Gasteiger partial charge in [-0.1, -0.05) is 24.3 Å². The highest BCUT2D eigenvalue weighted by atomic mass is 16.5. The van der Waals surface area contributed by atoms with Crippen molar-refractivity contribution in [3.63, 3.8) is 0 Å². The monoisotopic (exact) mass is 311 g/mol. The van der Waals surface area contributed by atoms with Gasteiger partial charge in [0.25, 0.3) is 0 Å². The fraction of sp³-hybridized carbons (Fsp3) is 0.526. The third-order valence-corrected chi connectivity index (χ3v) is 5.21. The maximum absolute atomic E-state index is 5.46. The van der Waals surface area contributed by atoms with Crippen molar-refractivity contribution >= 4 is 0 Å². The van der Waals surface area contributed by atoms with Crippen LogP contribution in [0.2, 0.25) is 0 Å². The van der Waals surface area contributed by atoms with Crippen molar-refractivity contribution in [1.82, 2.24) is 15.1 Å². The molecule has 1 atom stereocenters. The molecule has 122 valence electrons. The summed E-state index contributed by atoms with van der Waals surface area (Å²) in [7, 11) is 0. The number of hydrogen-bond acceptors (Lipinski definition) is 3. The van der Waals surface area contributed by atoms with Gasteiger partial charge in [-0.2, -0.15) is 5.10 Å². The largest absolute Gasteiger partial charge is 0.379 e. The van der Waals surface area contributed by atoms with Gasteiger partial charge in [-0.25, -0.2) is 0 Å². The van der Waals surface area contributed by atoms with Crippen LogP contribution in [0, 0.1) is 6.92 Å². The van der Waals surface area contributed by atoms with Gasteiger partial charge < -0.3 is 4.74 Å². The van der Waals surface area contributed by atoms with E-state index in [4.69, 9.17) is 4.74 Å². The van der Waals surface area contributed by atoms with Crippen molar-refractivity contribution in [3.05, 3.63) is 41.2 Å². The average Bonchev–Trinajstić information content (AvgIpc) is 3.38. The second-order valence-corrected chi connectivity index (χ2v) is 6.83. The number of hydrogen-bond donors (Lipinski definition) is 1. The van der Waals surface area contributed by atoms with E-state index < -0.39 is 0 Å². The van der Waals surface area contributed by atoms with Crippen LogP contribution < -0.4 is 0 Å². The zero-order valence-corrected chi connectivity index (χ0v) is 14.0. The third-order valence-electron chi connectivity index (χ3n) is 5.21. The number of morpholine rings is 1. The van der Waals surface area contributed by atoms with Gasteiger partial charge in [0.1, 0.15) is 0 Å². The van der Waals surface area contributed by atoms with Gasteiger partial charge in [-0.05, 0) is 37.8 Å². The van der Waals surface area contributed by atoms with Gasteiger partial charge in [0.2, 0.25) is 0 Å². The van der Waals surface area contributed by atoms with E-state index in [1.54, 1.807) is 0 Å². The highest BCUT2D eigenvalue weighted by Gasteiger charge is 2.30. The summed E-state index contributed by atoms with van der Waals surface area (Å²) in [4.78, 5) is 2.50. The maximum atomic E-state index is 5.46. The lowest BCUT2D eigenvalue weighted by Crippen LogP contribution is -2.37. The van der Waals surface area contributed by atoms with Gasteiger partial charge in [-0.15, -0.1) is 0 Å². The van der Waals surface area contributed by atoms with Crippen LogP contribution >= 0.6 is 0 Å². The summed E-state index contributed by atoms with van der Waals surface area (Å²) in [5, 5.41) is 7.71. The molecule has 2 heterocycles. The zero-order chi connectivity index (χ0) is 15.8. The van der Waals surface area contributed by atoms with Crippen LogP contribution in [-0.4, -0.2) is 41.4 Å². The lowest BCUT2D eigenvalue weighted by atomic mass is 9.98. The number of aromatic amines is 1. The molecule has 1 N–H and O–H groups in total. The van der Waals surface area contributed by atoms with E-state index in [9.17, 15) is 0 Å². The average molecular weight is 311 g/mol. The van der Waals surface area contributed by atoms with Gasteiger partial charge in [-0.3, -0.25) is 10.00 Å².